The summed E-state index contributed by atoms with van der Waals surface area (Å²) in [7, 11) is 3.81. The molecule has 0 radical (unpaired) electrons. The third-order valence-corrected chi connectivity index (χ3v) is 8.76. The van der Waals surface area contributed by atoms with E-state index in [1.807, 2.05) is 60.9 Å². The lowest BCUT2D eigenvalue weighted by Gasteiger charge is -2.34. The molecule has 0 saturated carbocycles. The molecular formula is C36H41F3N4O4. The molecule has 0 spiro atoms. The number of carbonyl (C=O) groups excluding carboxylic acids is 2. The first kappa shape index (κ1) is 34.0. The molecule has 0 saturated heterocycles. The number of benzene rings is 3. The van der Waals surface area contributed by atoms with Crippen LogP contribution in [0.4, 0.5) is 18.9 Å². The number of aromatic nitrogens is 1. The van der Waals surface area contributed by atoms with Gasteiger partial charge in [0.2, 0.25) is 11.8 Å². The van der Waals surface area contributed by atoms with Crippen molar-refractivity contribution in [1.82, 2.24) is 14.4 Å². The predicted octanol–water partition coefficient (Wildman–Crippen LogP) is 5.66. The summed E-state index contributed by atoms with van der Waals surface area (Å²) in [5, 5.41) is 13.9. The number of hydrogen-bond donors (Lipinski definition) is 2. The summed E-state index contributed by atoms with van der Waals surface area (Å²) in [5.74, 6) is 0.0162. The molecule has 250 valence electrons. The van der Waals surface area contributed by atoms with E-state index in [9.17, 15) is 27.9 Å². The molecule has 8 nitrogen and oxygen atoms in total. The minimum atomic E-state index is -4.40. The number of aryl methyl sites for hydroxylation is 1. The van der Waals surface area contributed by atoms with Crippen LogP contribution in [-0.4, -0.2) is 70.2 Å². The number of hydrogen-bond acceptors (Lipinski definition) is 5. The number of nitrogens with one attached hydrogen (secondary N) is 1. The van der Waals surface area contributed by atoms with Crippen molar-refractivity contribution >= 4 is 28.4 Å². The number of fused-ring (bicyclic) bond motifs is 2. The summed E-state index contributed by atoms with van der Waals surface area (Å²) in [6.07, 6.45) is -2.63. The van der Waals surface area contributed by atoms with Crippen molar-refractivity contribution in [3.05, 3.63) is 95.2 Å². The highest BCUT2D eigenvalue weighted by Crippen LogP contribution is 2.31. The van der Waals surface area contributed by atoms with Gasteiger partial charge < -0.3 is 24.6 Å². The number of aliphatic hydroxyl groups excluding tert-OH is 1. The number of ether oxygens (including phenoxy) is 1. The van der Waals surface area contributed by atoms with Crippen molar-refractivity contribution in [2.75, 3.05) is 32.1 Å². The molecule has 0 fully saturated rings. The molecule has 1 aliphatic rings. The fraction of sp³-hybridized carbons (Fsp3) is 0.389. The summed E-state index contributed by atoms with van der Waals surface area (Å²) < 4.78 is 47.7. The molecule has 0 bridgehead atoms. The van der Waals surface area contributed by atoms with Gasteiger partial charge in [0.15, 0.2) is 0 Å². The van der Waals surface area contributed by atoms with E-state index >= 15 is 0 Å². The molecule has 11 heteroatoms. The highest BCUT2D eigenvalue weighted by Gasteiger charge is 2.32. The summed E-state index contributed by atoms with van der Waals surface area (Å²) in [6.45, 7) is 4.75. The molecule has 0 unspecified atom stereocenters. The van der Waals surface area contributed by atoms with Crippen molar-refractivity contribution in [2.45, 2.75) is 51.6 Å². The van der Waals surface area contributed by atoms with Crippen molar-refractivity contribution in [3.8, 4) is 5.75 Å². The van der Waals surface area contributed by atoms with Crippen LogP contribution >= 0.6 is 0 Å². The second kappa shape index (κ2) is 14.2. The van der Waals surface area contributed by atoms with Crippen LogP contribution in [0.1, 0.15) is 36.1 Å². The lowest BCUT2D eigenvalue weighted by atomic mass is 10.0. The van der Waals surface area contributed by atoms with Crippen molar-refractivity contribution in [2.24, 2.45) is 13.0 Å². The van der Waals surface area contributed by atoms with Crippen LogP contribution in [0.25, 0.3) is 10.9 Å². The Morgan fingerprint density at radius 1 is 1.13 bits per heavy atom. The maximum absolute atomic E-state index is 13.6. The SMILES string of the molecule is C[C@@H]1CN([C@H](C)CO)C(=O)Cc2cc(NC(=O)Cc3cn(C)c4ccccc34)ccc2O[C@H]1CN(C)Cc1ccc(C(F)(F)F)cc1. The van der Waals surface area contributed by atoms with Gasteiger partial charge in [0, 0.05) is 61.0 Å². The Hall–Kier alpha value is -4.35. The van der Waals surface area contributed by atoms with Gasteiger partial charge in [0.25, 0.3) is 0 Å². The molecule has 1 aliphatic heterocycles. The Morgan fingerprint density at radius 2 is 1.85 bits per heavy atom. The first-order chi connectivity index (χ1) is 22.3. The molecule has 1 aromatic heterocycles. The van der Waals surface area contributed by atoms with E-state index in [1.54, 1.807) is 30.0 Å². The zero-order valence-corrected chi connectivity index (χ0v) is 27.1. The first-order valence-electron chi connectivity index (χ1n) is 15.7. The third-order valence-electron chi connectivity index (χ3n) is 8.76. The van der Waals surface area contributed by atoms with Crippen molar-refractivity contribution in [1.29, 1.82) is 0 Å². The van der Waals surface area contributed by atoms with Crippen molar-refractivity contribution < 1.29 is 32.6 Å². The fourth-order valence-corrected chi connectivity index (χ4v) is 6.15. The molecule has 3 aromatic carbocycles. The fourth-order valence-electron chi connectivity index (χ4n) is 6.15. The lowest BCUT2D eigenvalue weighted by molar-refractivity contribution is -0.137. The second-order valence-electron chi connectivity index (χ2n) is 12.6. The van der Waals surface area contributed by atoms with E-state index in [0.29, 0.717) is 36.6 Å². The van der Waals surface area contributed by atoms with Gasteiger partial charge in [-0.25, -0.2) is 0 Å². The van der Waals surface area contributed by atoms with Gasteiger partial charge in [0.1, 0.15) is 11.9 Å². The van der Waals surface area contributed by atoms with Crippen LogP contribution < -0.4 is 10.1 Å². The summed E-state index contributed by atoms with van der Waals surface area (Å²) >= 11 is 0. The van der Waals surface area contributed by atoms with Gasteiger partial charge in [-0.05, 0) is 61.5 Å². The molecule has 3 atom stereocenters. The first-order valence-corrected chi connectivity index (χ1v) is 15.7. The molecule has 5 rings (SSSR count). The normalized spacial score (nSPS) is 17.9. The van der Waals surface area contributed by atoms with Crippen LogP contribution in [0.15, 0.2) is 72.9 Å². The third kappa shape index (κ3) is 8.15. The van der Waals surface area contributed by atoms with Gasteiger partial charge in [-0.2, -0.15) is 13.2 Å². The number of alkyl halides is 3. The van der Waals surface area contributed by atoms with E-state index in [0.717, 1.165) is 34.2 Å². The largest absolute Gasteiger partial charge is 0.488 e. The van der Waals surface area contributed by atoms with E-state index in [2.05, 4.69) is 5.32 Å². The number of halogens is 3. The van der Waals surface area contributed by atoms with Crippen LogP contribution in [0, 0.1) is 5.92 Å². The van der Waals surface area contributed by atoms with Crippen molar-refractivity contribution in [3.63, 3.8) is 0 Å². The quantitative estimate of drug-likeness (QED) is 0.244. The number of likely N-dealkylation sites (N-methyl/N-ethyl adjacent to an activating group) is 1. The van der Waals surface area contributed by atoms with Gasteiger partial charge in [-0.15, -0.1) is 0 Å². The number of nitrogens with zero attached hydrogens (tertiary/aromatic N) is 3. The topological polar surface area (TPSA) is 87.0 Å². The Morgan fingerprint density at radius 3 is 2.55 bits per heavy atom. The van der Waals surface area contributed by atoms with Gasteiger partial charge in [-0.1, -0.05) is 37.3 Å². The summed E-state index contributed by atoms with van der Waals surface area (Å²) in [4.78, 5) is 30.4. The predicted molar refractivity (Wildman–Crippen MR) is 175 cm³/mol. The Kier molecular flexibility index (Phi) is 10.3. The lowest BCUT2D eigenvalue weighted by Crippen LogP contribution is -2.47. The van der Waals surface area contributed by atoms with Gasteiger partial charge >= 0.3 is 6.18 Å². The highest BCUT2D eigenvalue weighted by molar-refractivity contribution is 5.96. The van der Waals surface area contributed by atoms with Crippen LogP contribution in [-0.2, 0) is 42.2 Å². The molecule has 4 aromatic rings. The zero-order valence-electron chi connectivity index (χ0n) is 27.1. The van der Waals surface area contributed by atoms with Crippen LogP contribution in [0.3, 0.4) is 0 Å². The molecule has 0 aliphatic carbocycles. The average molecular weight is 651 g/mol. The summed E-state index contributed by atoms with van der Waals surface area (Å²) in [5.41, 5.74) is 3.13. The van der Waals surface area contributed by atoms with E-state index in [1.165, 1.54) is 12.1 Å². The Labute approximate surface area is 272 Å². The zero-order chi connectivity index (χ0) is 33.9. The number of para-hydroxylation sites is 1. The Bertz CT molecular complexity index is 1720. The molecule has 2 amide bonds. The van der Waals surface area contributed by atoms with E-state index in [4.69, 9.17) is 4.74 Å². The maximum atomic E-state index is 13.6. The Balaban J connectivity index is 1.35. The number of amides is 2. The van der Waals surface area contributed by atoms with E-state index < -0.39 is 17.8 Å². The second-order valence-corrected chi connectivity index (χ2v) is 12.6. The molecule has 47 heavy (non-hydrogen) atoms. The van der Waals surface area contributed by atoms with Crippen LogP contribution in [0.2, 0.25) is 0 Å². The smallest absolute Gasteiger partial charge is 0.416 e. The number of aliphatic hydroxyl groups is 1. The average Bonchev–Trinajstić information content (AvgIpc) is 3.35. The van der Waals surface area contributed by atoms with E-state index in [-0.39, 0.29) is 43.3 Å². The van der Waals surface area contributed by atoms with Gasteiger partial charge in [-0.3, -0.25) is 14.5 Å². The maximum Gasteiger partial charge on any atom is 0.416 e. The minimum Gasteiger partial charge on any atom is -0.488 e. The number of anilines is 1. The monoisotopic (exact) mass is 650 g/mol. The van der Waals surface area contributed by atoms with Crippen LogP contribution in [0.5, 0.6) is 5.75 Å². The molecule has 2 N–H and O–H groups in total. The molecular weight excluding hydrogens is 609 g/mol. The van der Waals surface area contributed by atoms with Gasteiger partial charge in [0.05, 0.1) is 31.1 Å². The highest BCUT2D eigenvalue weighted by atomic mass is 19.4. The summed E-state index contributed by atoms with van der Waals surface area (Å²) in [6, 6.07) is 17.9. The molecule has 2 heterocycles. The number of rotatable bonds is 9. The minimum absolute atomic E-state index is 0.0214. The number of carbonyl (C=O) groups is 2. The standard InChI is InChI=1S/C36H41F3N4O4/c1-23-18-43(24(2)22-44)35(46)17-26-15-29(40-34(45)16-27-20-42(4)31-8-6-5-7-30(27)31)13-14-32(26)47-33(23)21-41(3)19-25-9-11-28(12-10-25)36(37,38)39/h5-15,20,23-24,33,44H,16-19,21-22H2,1-4H3,(H,40,45)/t23-,24-,33+/m1/s1.